The van der Waals surface area contributed by atoms with Crippen LogP contribution in [0, 0.1) is 0 Å². The Morgan fingerprint density at radius 3 is 2.27 bits per heavy atom. The van der Waals surface area contributed by atoms with Crippen LogP contribution in [-0.4, -0.2) is 49.6 Å². The molecule has 0 heterocycles. The molecule has 1 aromatic carbocycles. The Balaban J connectivity index is 0.00000196. The van der Waals surface area contributed by atoms with Gasteiger partial charge in [-0.1, -0.05) is 23.2 Å². The van der Waals surface area contributed by atoms with Crippen molar-refractivity contribution in [1.82, 2.24) is 0 Å². The van der Waals surface area contributed by atoms with Crippen LogP contribution in [0.1, 0.15) is 0 Å². The molecule has 1 aromatic rings. The van der Waals surface area contributed by atoms with Crippen molar-refractivity contribution in [2.45, 2.75) is 0 Å². The predicted octanol–water partition coefficient (Wildman–Crippen LogP) is 1.58. The van der Waals surface area contributed by atoms with Gasteiger partial charge in [0.05, 0.1) is 10.7 Å². The molecule has 0 aliphatic carbocycles. The first-order valence-corrected chi connectivity index (χ1v) is 5.64. The van der Waals surface area contributed by atoms with Gasteiger partial charge in [-0.3, -0.25) is 4.55 Å². The molecule has 0 bridgehead atoms. The number of nitrogens with zero attached hydrogens (tertiary/aromatic N) is 1. The fraction of sp³-hybridized carbons (Fsp3) is 0.143. The summed E-state index contributed by atoms with van der Waals surface area (Å²) in [6.07, 6.45) is 0. The molecule has 1 rings (SSSR count). The van der Waals surface area contributed by atoms with Gasteiger partial charge in [-0.05, 0) is 18.2 Å². The van der Waals surface area contributed by atoms with E-state index in [0.717, 1.165) is 0 Å². The van der Waals surface area contributed by atoms with Crippen molar-refractivity contribution in [1.29, 1.82) is 0 Å². The Morgan fingerprint density at radius 2 is 1.87 bits per heavy atom. The fourth-order valence-corrected chi connectivity index (χ4v) is 1.85. The molecule has 0 saturated heterocycles. The summed E-state index contributed by atoms with van der Waals surface area (Å²) in [5, 5.41) is 0.542. The van der Waals surface area contributed by atoms with Crippen molar-refractivity contribution < 1.29 is 13.0 Å². The van der Waals surface area contributed by atoms with E-state index < -0.39 is 10.3 Å². The Hall–Kier alpha value is 0.510. The van der Waals surface area contributed by atoms with Crippen molar-refractivity contribution in [2.75, 3.05) is 11.4 Å². The third-order valence-corrected chi connectivity index (χ3v) is 3.02. The first kappa shape index (κ1) is 15.5. The average molecular weight is 280 g/mol. The standard InChI is InChI=1S/C7H7Cl2NO3S.Na.H/c1-10(14(11,12)13)7-3-2-5(8)4-6(7)9;;/h2-4H,1H3,(H,11,12,13);;. The molecule has 15 heavy (non-hydrogen) atoms. The number of hydrogen-bond donors (Lipinski definition) is 1. The van der Waals surface area contributed by atoms with Crippen LogP contribution < -0.4 is 4.31 Å². The molecule has 1 N–H and O–H groups in total. The van der Waals surface area contributed by atoms with Crippen molar-refractivity contribution in [3.05, 3.63) is 28.2 Å². The summed E-state index contributed by atoms with van der Waals surface area (Å²) in [5.41, 5.74) is 0.165. The van der Waals surface area contributed by atoms with E-state index in [1.807, 2.05) is 0 Å². The zero-order valence-electron chi connectivity index (χ0n) is 7.11. The Kier molecular flexibility index (Phi) is 5.92. The van der Waals surface area contributed by atoms with E-state index >= 15 is 0 Å². The van der Waals surface area contributed by atoms with Gasteiger partial charge >= 0.3 is 39.9 Å². The van der Waals surface area contributed by atoms with Crippen LogP contribution in [0.5, 0.6) is 0 Å². The van der Waals surface area contributed by atoms with Crippen LogP contribution in [0.3, 0.4) is 0 Å². The summed E-state index contributed by atoms with van der Waals surface area (Å²) in [6.45, 7) is 0. The maximum absolute atomic E-state index is 10.8. The van der Waals surface area contributed by atoms with Gasteiger partial charge in [0.1, 0.15) is 0 Å². The zero-order valence-corrected chi connectivity index (χ0v) is 9.44. The molecule has 8 heteroatoms. The van der Waals surface area contributed by atoms with E-state index in [1.165, 1.54) is 25.2 Å². The molecule has 4 nitrogen and oxygen atoms in total. The summed E-state index contributed by atoms with van der Waals surface area (Å²) < 4.78 is 30.9. The summed E-state index contributed by atoms with van der Waals surface area (Å²) in [7, 11) is -3.10. The molecule has 80 valence electrons. The topological polar surface area (TPSA) is 57.6 Å². The summed E-state index contributed by atoms with van der Waals surface area (Å²) in [6, 6.07) is 4.27. The van der Waals surface area contributed by atoms with Crippen molar-refractivity contribution in [3.63, 3.8) is 0 Å². The minimum absolute atomic E-state index is 0. The van der Waals surface area contributed by atoms with Crippen LogP contribution in [0.4, 0.5) is 5.69 Å². The zero-order chi connectivity index (χ0) is 10.9. The quantitative estimate of drug-likeness (QED) is 0.661. The Morgan fingerprint density at radius 1 is 1.33 bits per heavy atom. The van der Waals surface area contributed by atoms with E-state index in [2.05, 4.69) is 0 Å². The van der Waals surface area contributed by atoms with E-state index in [0.29, 0.717) is 9.33 Å². The Labute approximate surface area is 120 Å². The van der Waals surface area contributed by atoms with Gasteiger partial charge in [-0.15, -0.1) is 0 Å². The van der Waals surface area contributed by atoms with Gasteiger partial charge in [-0.2, -0.15) is 8.42 Å². The fourth-order valence-electron chi connectivity index (χ4n) is 0.861. The van der Waals surface area contributed by atoms with Crippen molar-refractivity contribution in [3.8, 4) is 0 Å². The number of halogens is 2. The summed E-state index contributed by atoms with van der Waals surface area (Å²) in [5.74, 6) is 0. The number of rotatable bonds is 2. The second-order valence-corrected chi connectivity index (χ2v) is 4.83. The van der Waals surface area contributed by atoms with Crippen molar-refractivity contribution >= 4 is 68.8 Å². The number of anilines is 1. The maximum atomic E-state index is 10.8. The SMILES string of the molecule is CN(c1ccc(Cl)cc1Cl)S(=O)(=O)O.[NaH]. The monoisotopic (exact) mass is 279 g/mol. The molecule has 0 amide bonds. The van der Waals surface area contributed by atoms with Gasteiger partial charge < -0.3 is 0 Å². The van der Waals surface area contributed by atoms with E-state index in [1.54, 1.807) is 0 Å². The average Bonchev–Trinajstić information content (AvgIpc) is 2.01. The molecule has 0 unspecified atom stereocenters. The Bertz CT molecular complexity index is 452. The second-order valence-electron chi connectivity index (χ2n) is 2.54. The molecule has 0 radical (unpaired) electrons. The van der Waals surface area contributed by atoms with E-state index in [9.17, 15) is 8.42 Å². The van der Waals surface area contributed by atoms with Gasteiger partial charge in [0.2, 0.25) is 0 Å². The van der Waals surface area contributed by atoms with Gasteiger partial charge in [0.25, 0.3) is 0 Å². The number of hydrogen-bond acceptors (Lipinski definition) is 2. The molecule has 0 aromatic heterocycles. The van der Waals surface area contributed by atoms with E-state index in [4.69, 9.17) is 27.8 Å². The predicted molar refractivity (Wildman–Crippen MR) is 63.6 cm³/mol. The van der Waals surface area contributed by atoms with Crippen LogP contribution in [0.15, 0.2) is 18.2 Å². The number of benzene rings is 1. The molecule has 0 atom stereocenters. The van der Waals surface area contributed by atoms with Crippen LogP contribution in [0.2, 0.25) is 10.0 Å². The summed E-state index contributed by atoms with van der Waals surface area (Å²) in [4.78, 5) is 0. The third kappa shape index (κ3) is 4.11. The normalized spacial score (nSPS) is 10.7. The van der Waals surface area contributed by atoms with Crippen LogP contribution >= 0.6 is 23.2 Å². The van der Waals surface area contributed by atoms with Gasteiger partial charge in [-0.25, -0.2) is 4.31 Å². The molecular formula is C7H8Cl2NNaO3S. The van der Waals surface area contributed by atoms with Crippen LogP contribution in [0.25, 0.3) is 0 Å². The molecular weight excluding hydrogens is 272 g/mol. The molecule has 0 aliphatic heterocycles. The third-order valence-electron chi connectivity index (χ3n) is 1.60. The summed E-state index contributed by atoms with van der Waals surface area (Å²) >= 11 is 11.3. The first-order valence-electron chi connectivity index (χ1n) is 3.49. The van der Waals surface area contributed by atoms with Gasteiger partial charge in [0.15, 0.2) is 0 Å². The minimum atomic E-state index is -4.29. The van der Waals surface area contributed by atoms with Crippen molar-refractivity contribution in [2.24, 2.45) is 0 Å². The molecule has 0 saturated carbocycles. The molecule has 0 fully saturated rings. The second kappa shape index (κ2) is 5.72. The van der Waals surface area contributed by atoms with Gasteiger partial charge in [0, 0.05) is 12.1 Å². The van der Waals surface area contributed by atoms with E-state index in [-0.39, 0.29) is 40.3 Å². The first-order chi connectivity index (χ1) is 6.32. The molecule has 0 aliphatic rings. The van der Waals surface area contributed by atoms with Crippen LogP contribution in [-0.2, 0) is 10.3 Å². The molecule has 0 spiro atoms.